The Balaban J connectivity index is 0.000000154. The number of benzene rings is 8. The van der Waals surface area contributed by atoms with E-state index < -0.39 is 27.4 Å². The van der Waals surface area contributed by atoms with Gasteiger partial charge >= 0.3 is 0 Å². The highest BCUT2D eigenvalue weighted by Gasteiger charge is 2.21. The zero-order valence-electron chi connectivity index (χ0n) is 63.0. The molecule has 0 aliphatic carbocycles. The maximum Gasteiger partial charge on any atom is 0.213 e. The summed E-state index contributed by atoms with van der Waals surface area (Å²) in [4.78, 5) is 0. The molecule has 0 saturated carbocycles. The normalized spacial score (nSPS) is 13.3. The third-order valence-corrected chi connectivity index (χ3v) is 15.7. The minimum Gasteiger partial charge on any atom is -0.201 e. The molecule has 0 N–H and O–H groups in total. The third kappa shape index (κ3) is 14.5. The van der Waals surface area contributed by atoms with E-state index in [9.17, 15) is 0 Å². The molecule has 0 aliphatic heterocycles. The standard InChI is InChI=1S/2C21H22N.2C20H20N/c1-15-10-11-19(16(2)12-15)21-13-20(17(3)14-22(21)4)18-8-6-5-7-9-18;1-15-10-11-19(16(2)12-15)21-13-17(3)20(14-22(21)4)18-8-6-5-7-9-18;2*1-15-9-7-8-12-18(15)20-13-19(16(2)14-21(20)3)17-10-5-4-6-11-17/h2*5-14H,1-4H3;2*4-14H,1-3H3/q4*+1/i1D3,3D3;1D3;2D3;. The molecule has 12 rings (SSSR count). The summed E-state index contributed by atoms with van der Waals surface area (Å²) >= 11 is 0. The Hall–Kier alpha value is -9.64. The highest BCUT2D eigenvalue weighted by Crippen LogP contribution is 2.32. The second kappa shape index (κ2) is 27.8. The summed E-state index contributed by atoms with van der Waals surface area (Å²) in [6, 6.07) is 75.5. The van der Waals surface area contributed by atoms with Gasteiger partial charge in [-0.25, -0.2) is 18.3 Å². The van der Waals surface area contributed by atoms with E-state index in [-0.39, 0.29) is 5.56 Å². The molecule has 0 bridgehead atoms. The zero-order valence-corrected chi connectivity index (χ0v) is 51.0. The largest absolute Gasteiger partial charge is 0.213 e. The predicted octanol–water partition coefficient (Wildman–Crippen LogP) is 18.5. The highest BCUT2D eigenvalue weighted by atomic mass is 14.9. The Morgan fingerprint density at radius 3 is 0.860 bits per heavy atom. The zero-order chi connectivity index (χ0) is 71.0. The van der Waals surface area contributed by atoms with Crippen LogP contribution < -0.4 is 18.3 Å². The van der Waals surface area contributed by atoms with Crippen LogP contribution in [0.15, 0.2) is 255 Å². The lowest BCUT2D eigenvalue weighted by Gasteiger charge is -2.10. The van der Waals surface area contributed by atoms with Crippen molar-refractivity contribution in [1.82, 2.24) is 0 Å². The Labute approximate surface area is 530 Å². The Bertz CT molecular complexity index is 4770. The van der Waals surface area contributed by atoms with Gasteiger partial charge in [0.1, 0.15) is 28.2 Å². The number of hydrogen-bond acceptors (Lipinski definition) is 0. The molecule has 4 aromatic heterocycles. The highest BCUT2D eigenvalue weighted by molar-refractivity contribution is 5.76. The monoisotopic (exact) mass is 1140 g/mol. The van der Waals surface area contributed by atoms with Crippen LogP contribution in [0.2, 0.25) is 0 Å². The topological polar surface area (TPSA) is 15.5 Å². The van der Waals surface area contributed by atoms with E-state index >= 15 is 0 Å². The molecule has 0 atom stereocenters. The number of aromatic nitrogens is 4. The summed E-state index contributed by atoms with van der Waals surface area (Å²) in [5.41, 5.74) is 24.6. The van der Waals surface area contributed by atoms with E-state index in [2.05, 4.69) is 147 Å². The van der Waals surface area contributed by atoms with Gasteiger partial charge in [0.2, 0.25) is 22.8 Å². The van der Waals surface area contributed by atoms with E-state index in [0.717, 1.165) is 67.2 Å². The van der Waals surface area contributed by atoms with Gasteiger partial charge in [-0.2, -0.15) is 0 Å². The van der Waals surface area contributed by atoms with Gasteiger partial charge in [-0.3, -0.25) is 0 Å². The van der Waals surface area contributed by atoms with Crippen LogP contribution >= 0.6 is 0 Å². The summed E-state index contributed by atoms with van der Waals surface area (Å²) in [6.07, 6.45) is 7.72. The van der Waals surface area contributed by atoms with Crippen molar-refractivity contribution in [2.24, 2.45) is 28.2 Å². The van der Waals surface area contributed by atoms with Crippen LogP contribution in [-0.2, 0) is 28.2 Å². The molecular weight excluding hydrogens is 1040 g/mol. The van der Waals surface area contributed by atoms with Crippen LogP contribution in [0.1, 0.15) is 72.1 Å². The van der Waals surface area contributed by atoms with E-state index in [1.807, 2.05) is 142 Å². The van der Waals surface area contributed by atoms with Gasteiger partial charge in [-0.05, 0) is 160 Å². The number of rotatable bonds is 8. The summed E-state index contributed by atoms with van der Waals surface area (Å²) in [5, 5.41) is 0. The summed E-state index contributed by atoms with van der Waals surface area (Å²) in [7, 11) is 7.84. The quantitative estimate of drug-likeness (QED) is 0.135. The summed E-state index contributed by atoms with van der Waals surface area (Å²) in [6.45, 7) is 3.70. The molecule has 4 nitrogen and oxygen atoms in total. The predicted molar refractivity (Wildman–Crippen MR) is 361 cm³/mol. The van der Waals surface area contributed by atoms with Gasteiger partial charge < -0.3 is 0 Å². The van der Waals surface area contributed by atoms with Crippen molar-refractivity contribution < 1.29 is 34.7 Å². The van der Waals surface area contributed by atoms with Crippen molar-refractivity contribution in [3.8, 4) is 89.5 Å². The Morgan fingerprint density at radius 2 is 0.512 bits per heavy atom. The molecule has 86 heavy (non-hydrogen) atoms. The lowest BCUT2D eigenvalue weighted by atomic mass is 9.97. The van der Waals surface area contributed by atoms with Crippen LogP contribution in [0.4, 0.5) is 0 Å². The number of nitrogens with zero attached hydrogens (tertiary/aromatic N) is 4. The molecule has 8 aromatic carbocycles. The smallest absolute Gasteiger partial charge is 0.201 e. The molecule has 0 fully saturated rings. The van der Waals surface area contributed by atoms with Crippen molar-refractivity contribution >= 4 is 0 Å². The molecule has 0 radical (unpaired) electrons. The maximum absolute atomic E-state index is 7.93. The average molecular weight is 1140 g/mol. The molecular formula is C82H84N4+4. The van der Waals surface area contributed by atoms with E-state index in [0.29, 0.717) is 22.3 Å². The third-order valence-electron chi connectivity index (χ3n) is 15.7. The van der Waals surface area contributed by atoms with E-state index in [1.54, 1.807) is 54.3 Å². The van der Waals surface area contributed by atoms with Crippen LogP contribution in [-0.4, -0.2) is 0 Å². The molecule has 12 aromatic rings. The van der Waals surface area contributed by atoms with Crippen molar-refractivity contribution in [2.75, 3.05) is 0 Å². The molecule has 0 unspecified atom stereocenters. The Morgan fingerprint density at radius 1 is 0.221 bits per heavy atom. The molecule has 0 amide bonds. The second-order valence-corrected chi connectivity index (χ2v) is 22.1. The number of pyridine rings is 4. The summed E-state index contributed by atoms with van der Waals surface area (Å²) in [5.74, 6) is 0. The number of aryl methyl sites for hydroxylation is 14. The van der Waals surface area contributed by atoms with Crippen molar-refractivity contribution in [3.05, 3.63) is 311 Å². The Kier molecular flexibility index (Phi) is 15.1. The van der Waals surface area contributed by atoms with Gasteiger partial charge in [-0.15, -0.1) is 0 Å². The second-order valence-electron chi connectivity index (χ2n) is 22.1. The van der Waals surface area contributed by atoms with Crippen LogP contribution in [0.5, 0.6) is 0 Å². The van der Waals surface area contributed by atoms with Crippen molar-refractivity contribution in [3.63, 3.8) is 0 Å². The molecule has 0 spiro atoms. The molecule has 4 heterocycles. The molecule has 0 saturated heterocycles. The van der Waals surface area contributed by atoms with E-state index in [1.165, 1.54) is 50.2 Å². The lowest BCUT2D eigenvalue weighted by Crippen LogP contribution is -2.31. The van der Waals surface area contributed by atoms with Gasteiger partial charge in [0.15, 0.2) is 24.8 Å². The average Bonchev–Trinajstić information content (AvgIpc) is 0.774. The first-order valence-corrected chi connectivity index (χ1v) is 29.0. The first kappa shape index (κ1) is 46.7. The molecule has 428 valence electrons. The van der Waals surface area contributed by atoms with Crippen molar-refractivity contribution in [1.29, 1.82) is 0 Å². The van der Waals surface area contributed by atoms with Crippen LogP contribution in [0.3, 0.4) is 0 Å². The first-order chi connectivity index (χ1) is 46.3. The number of hydrogen-bond donors (Lipinski definition) is 0. The van der Waals surface area contributed by atoms with Crippen molar-refractivity contribution in [2.45, 2.75) is 68.9 Å². The minimum absolute atomic E-state index is 0.279. The van der Waals surface area contributed by atoms with Crippen LogP contribution in [0.25, 0.3) is 89.5 Å². The first-order valence-electron chi connectivity index (χ1n) is 35.0. The fraction of sp³-hybridized carbons (Fsp3) is 0.171. The van der Waals surface area contributed by atoms with Gasteiger partial charge in [0.25, 0.3) is 0 Å². The van der Waals surface area contributed by atoms with Gasteiger partial charge in [0, 0.05) is 85.2 Å². The fourth-order valence-corrected chi connectivity index (χ4v) is 11.1. The van der Waals surface area contributed by atoms with Gasteiger partial charge in [-0.1, -0.05) is 193 Å². The summed E-state index contributed by atoms with van der Waals surface area (Å²) < 4.78 is 101. The fourth-order valence-electron chi connectivity index (χ4n) is 11.1. The van der Waals surface area contributed by atoms with E-state index in [4.69, 9.17) is 16.4 Å². The SMILES string of the molecule is Cc1c[n+](C)c(-c2ccccc2C)cc1-c1ccccc1.[2H]C([2H])([2H])c1c[n+](C)c(-c2ccccc2C)cc1-c1ccccc1.[2H]C([2H])([2H])c1ccc(-c2cc(-c3ccccc3)c(C([2H])([2H])[2H])c[n+]2C)c(C)c1.[2H]C([2H])([2H])c1ccc(-c2cc(C)c(-c3ccccc3)c[n+]2C)c(C)c1. The minimum atomic E-state index is -2.25. The lowest BCUT2D eigenvalue weighted by molar-refractivity contribution is -0.660. The van der Waals surface area contributed by atoms with Gasteiger partial charge in [0.05, 0.1) is 0 Å². The maximum atomic E-state index is 7.93. The van der Waals surface area contributed by atoms with Crippen LogP contribution in [0, 0.1) is 68.9 Å². The molecule has 4 heteroatoms. The molecule has 0 aliphatic rings.